The molecule has 1 aliphatic carbocycles. The van der Waals surface area contributed by atoms with Gasteiger partial charge in [-0.05, 0) is 54.7 Å². The minimum Gasteiger partial charge on any atom is -0.466 e. The maximum absolute atomic E-state index is 14.3. The number of amides is 2. The number of nitrogens with zero attached hydrogens (tertiary/aromatic N) is 1. The molecule has 1 saturated carbocycles. The summed E-state index contributed by atoms with van der Waals surface area (Å²) in [7, 11) is 0. The van der Waals surface area contributed by atoms with Crippen molar-refractivity contribution in [2.24, 2.45) is 5.92 Å². The quantitative estimate of drug-likeness (QED) is 0.233. The van der Waals surface area contributed by atoms with Crippen molar-refractivity contribution in [2.45, 2.75) is 57.2 Å². The number of carbonyl (C=O) groups is 3. The minimum absolute atomic E-state index is 0.170. The maximum Gasteiger partial charge on any atom is 0.311 e. The van der Waals surface area contributed by atoms with Gasteiger partial charge in [-0.15, -0.1) is 0 Å². The molecule has 9 heteroatoms. The van der Waals surface area contributed by atoms with E-state index < -0.39 is 29.8 Å². The second-order valence-corrected chi connectivity index (χ2v) is 11.2. The molecule has 1 heterocycles. The number of carbonyl (C=O) groups excluding carboxylic acids is 3. The van der Waals surface area contributed by atoms with E-state index in [-0.39, 0.29) is 25.1 Å². The number of benzene rings is 3. The Balaban J connectivity index is 1.60. The zero-order valence-corrected chi connectivity index (χ0v) is 24.2. The molecule has 4 unspecified atom stereocenters. The van der Waals surface area contributed by atoms with Crippen LogP contribution in [0.1, 0.15) is 71.6 Å². The molecule has 0 bridgehead atoms. The standard InChI is InChI=1S/C32H32Cl2N2O5/c1-2-40-32(39)25-14-8-9-15-27(25)36-29(24-17-16-21(33)18-26(24)34)28(22-12-6-7-13-23(22)31(36)38)30(37)35-41-19-20-10-4-3-5-11-20/h3-7,10-13,16-18,25,27-29H,2,8-9,14-15,19H2,1H3,(H,35,37). The first-order valence-electron chi connectivity index (χ1n) is 13.9. The number of halogens is 2. The number of nitrogens with one attached hydrogen (secondary N) is 1. The van der Waals surface area contributed by atoms with E-state index in [1.807, 2.05) is 30.3 Å². The van der Waals surface area contributed by atoms with E-state index in [1.165, 1.54) is 0 Å². The number of hydroxylamine groups is 1. The van der Waals surface area contributed by atoms with Crippen molar-refractivity contribution >= 4 is 41.0 Å². The number of rotatable bonds is 8. The second kappa shape index (κ2) is 13.1. The van der Waals surface area contributed by atoms with Gasteiger partial charge in [0.05, 0.1) is 31.1 Å². The lowest BCUT2D eigenvalue weighted by Gasteiger charge is -2.48. The van der Waals surface area contributed by atoms with E-state index in [0.717, 1.165) is 18.4 Å². The highest BCUT2D eigenvalue weighted by atomic mass is 35.5. The molecular weight excluding hydrogens is 563 g/mol. The first-order valence-corrected chi connectivity index (χ1v) is 14.6. The van der Waals surface area contributed by atoms with Gasteiger partial charge in [0.1, 0.15) is 0 Å². The normalized spacial score (nSPS) is 22.1. The molecule has 0 radical (unpaired) electrons. The van der Waals surface area contributed by atoms with Gasteiger partial charge in [-0.25, -0.2) is 5.48 Å². The molecule has 1 N–H and O–H groups in total. The molecular formula is C32H32Cl2N2O5. The van der Waals surface area contributed by atoms with Crippen molar-refractivity contribution < 1.29 is 24.0 Å². The summed E-state index contributed by atoms with van der Waals surface area (Å²) < 4.78 is 5.44. The van der Waals surface area contributed by atoms with Gasteiger partial charge >= 0.3 is 5.97 Å². The molecule has 1 fully saturated rings. The summed E-state index contributed by atoms with van der Waals surface area (Å²) in [5, 5.41) is 0.758. The van der Waals surface area contributed by atoms with Crippen molar-refractivity contribution in [3.8, 4) is 0 Å². The summed E-state index contributed by atoms with van der Waals surface area (Å²) in [6.07, 6.45) is 2.87. The van der Waals surface area contributed by atoms with Crippen molar-refractivity contribution in [2.75, 3.05) is 6.61 Å². The molecule has 3 aromatic carbocycles. The van der Waals surface area contributed by atoms with Crippen LogP contribution >= 0.6 is 23.2 Å². The average Bonchev–Trinajstić information content (AvgIpc) is 2.98. The summed E-state index contributed by atoms with van der Waals surface area (Å²) in [6, 6.07) is 20.3. The molecule has 5 rings (SSSR count). The fraction of sp³-hybridized carbons (Fsp3) is 0.344. The van der Waals surface area contributed by atoms with Crippen LogP contribution in [0.3, 0.4) is 0 Å². The molecule has 1 aliphatic heterocycles. The summed E-state index contributed by atoms with van der Waals surface area (Å²) in [5.74, 6) is -2.41. The third-order valence-electron chi connectivity index (χ3n) is 7.87. The molecule has 2 aliphatic rings. The maximum atomic E-state index is 14.3. The van der Waals surface area contributed by atoms with Gasteiger partial charge in [0.15, 0.2) is 0 Å². The van der Waals surface area contributed by atoms with E-state index in [4.69, 9.17) is 32.8 Å². The topological polar surface area (TPSA) is 84.9 Å². The smallest absolute Gasteiger partial charge is 0.311 e. The van der Waals surface area contributed by atoms with Crippen molar-refractivity contribution in [3.05, 3.63) is 105 Å². The zero-order valence-electron chi connectivity index (χ0n) is 22.7. The minimum atomic E-state index is -0.872. The zero-order chi connectivity index (χ0) is 28.9. The predicted molar refractivity (Wildman–Crippen MR) is 156 cm³/mol. The van der Waals surface area contributed by atoms with Gasteiger partial charge < -0.3 is 9.64 Å². The molecule has 4 atom stereocenters. The Kier molecular flexibility index (Phi) is 9.28. The number of hydrogen-bond donors (Lipinski definition) is 1. The third-order valence-corrected chi connectivity index (χ3v) is 8.43. The van der Waals surface area contributed by atoms with Crippen LogP contribution < -0.4 is 5.48 Å². The largest absolute Gasteiger partial charge is 0.466 e. The summed E-state index contributed by atoms with van der Waals surface area (Å²) in [4.78, 5) is 48.8. The van der Waals surface area contributed by atoms with E-state index in [0.29, 0.717) is 39.6 Å². The first kappa shape index (κ1) is 29.1. The first-order chi connectivity index (χ1) is 19.9. The van der Waals surface area contributed by atoms with E-state index in [2.05, 4.69) is 5.48 Å². The van der Waals surface area contributed by atoms with Crippen molar-refractivity contribution in [1.82, 2.24) is 10.4 Å². The monoisotopic (exact) mass is 594 g/mol. The lowest BCUT2D eigenvalue weighted by molar-refractivity contribution is -0.152. The lowest BCUT2D eigenvalue weighted by Crippen LogP contribution is -2.55. The molecule has 0 aromatic heterocycles. The summed E-state index contributed by atoms with van der Waals surface area (Å²) >= 11 is 13.0. The third kappa shape index (κ3) is 6.13. The molecule has 3 aromatic rings. The van der Waals surface area contributed by atoms with Crippen molar-refractivity contribution in [3.63, 3.8) is 0 Å². The molecule has 0 spiro atoms. The molecule has 41 heavy (non-hydrogen) atoms. The fourth-order valence-electron chi connectivity index (χ4n) is 6.07. The molecule has 214 valence electrons. The van der Waals surface area contributed by atoms with Crippen LogP contribution in [-0.2, 0) is 25.8 Å². The Bertz CT molecular complexity index is 1420. The van der Waals surface area contributed by atoms with Crippen molar-refractivity contribution in [1.29, 1.82) is 0 Å². The van der Waals surface area contributed by atoms with Crippen LogP contribution in [0, 0.1) is 5.92 Å². The Hall–Kier alpha value is -3.39. The highest BCUT2D eigenvalue weighted by Gasteiger charge is 2.50. The van der Waals surface area contributed by atoms with E-state index in [1.54, 1.807) is 54.3 Å². The van der Waals surface area contributed by atoms with Crippen LogP contribution in [0.4, 0.5) is 0 Å². The van der Waals surface area contributed by atoms with Crippen LogP contribution in [0.15, 0.2) is 72.8 Å². The van der Waals surface area contributed by atoms with Crippen LogP contribution in [-0.4, -0.2) is 35.3 Å². The fourth-order valence-corrected chi connectivity index (χ4v) is 6.59. The van der Waals surface area contributed by atoms with Crippen LogP contribution in [0.5, 0.6) is 0 Å². The number of hydrogen-bond acceptors (Lipinski definition) is 5. The molecule has 7 nitrogen and oxygen atoms in total. The van der Waals surface area contributed by atoms with E-state index >= 15 is 0 Å². The number of fused-ring (bicyclic) bond motifs is 1. The van der Waals surface area contributed by atoms with Gasteiger partial charge in [-0.2, -0.15) is 0 Å². The SMILES string of the molecule is CCOC(=O)C1CCCCC1N1C(=O)c2ccccc2C(C(=O)NOCc2ccccc2)C1c1ccc(Cl)cc1Cl. The predicted octanol–water partition coefficient (Wildman–Crippen LogP) is 6.64. The molecule has 0 saturated heterocycles. The lowest BCUT2D eigenvalue weighted by atomic mass is 9.75. The summed E-state index contributed by atoms with van der Waals surface area (Å²) in [6.45, 7) is 2.18. The Morgan fingerprint density at radius 3 is 2.44 bits per heavy atom. The van der Waals surface area contributed by atoms with Crippen LogP contribution in [0.2, 0.25) is 10.0 Å². The number of ether oxygens (including phenoxy) is 1. The van der Waals surface area contributed by atoms with Gasteiger partial charge in [0, 0.05) is 21.7 Å². The van der Waals surface area contributed by atoms with Gasteiger partial charge in [0.25, 0.3) is 11.8 Å². The van der Waals surface area contributed by atoms with Gasteiger partial charge in [0.2, 0.25) is 0 Å². The highest BCUT2D eigenvalue weighted by molar-refractivity contribution is 6.35. The molecule has 2 amide bonds. The average molecular weight is 596 g/mol. The second-order valence-electron chi connectivity index (χ2n) is 10.3. The van der Waals surface area contributed by atoms with Gasteiger partial charge in [-0.3, -0.25) is 19.2 Å². The van der Waals surface area contributed by atoms with Gasteiger partial charge in [-0.1, -0.05) is 90.6 Å². The Morgan fingerprint density at radius 1 is 0.951 bits per heavy atom. The van der Waals surface area contributed by atoms with E-state index in [9.17, 15) is 14.4 Å². The summed E-state index contributed by atoms with van der Waals surface area (Å²) in [5.41, 5.74) is 5.06. The Labute approximate surface area is 249 Å². The Morgan fingerprint density at radius 2 is 1.68 bits per heavy atom. The van der Waals surface area contributed by atoms with Crippen LogP contribution in [0.25, 0.3) is 0 Å². The number of esters is 1. The highest BCUT2D eigenvalue weighted by Crippen LogP contribution is 2.48.